The van der Waals surface area contributed by atoms with Crippen molar-refractivity contribution in [3.05, 3.63) is 65.8 Å². The maximum Gasteiger partial charge on any atom is 0.216 e. The molecule has 27 heavy (non-hydrogen) atoms. The highest BCUT2D eigenvalue weighted by atomic mass is 16.3. The van der Waals surface area contributed by atoms with Crippen LogP contribution in [-0.2, 0) is 7.05 Å². The quantitative estimate of drug-likeness (QED) is 0.377. The first-order chi connectivity index (χ1) is 14.0. The van der Waals surface area contributed by atoms with E-state index in [2.05, 4.69) is 29.7 Å². The molecule has 0 atom stereocenters. The molecular weight excluding hydrogens is 330 g/mol. The average molecular weight is 359 g/mol. The summed E-state index contributed by atoms with van der Waals surface area (Å²) < 4.78 is 26.1. The summed E-state index contributed by atoms with van der Waals surface area (Å²) in [7, 11) is 2.02. The van der Waals surface area contributed by atoms with E-state index in [1.165, 1.54) is 6.42 Å². The number of furan rings is 1. The Morgan fingerprint density at radius 2 is 1.85 bits per heavy atom. The van der Waals surface area contributed by atoms with E-state index in [1.54, 1.807) is 0 Å². The van der Waals surface area contributed by atoms with Gasteiger partial charge in [-0.15, -0.1) is 0 Å². The lowest BCUT2D eigenvalue weighted by atomic mass is 9.84. The van der Waals surface area contributed by atoms with Crippen LogP contribution < -0.4 is 4.57 Å². The molecule has 2 aromatic carbocycles. The third-order valence-corrected chi connectivity index (χ3v) is 5.92. The number of nitrogens with zero attached hydrogens (tertiary/aromatic N) is 1. The second-order valence-corrected chi connectivity index (χ2v) is 7.72. The molecule has 0 spiro atoms. The van der Waals surface area contributed by atoms with Crippen molar-refractivity contribution in [3.8, 4) is 11.3 Å². The van der Waals surface area contributed by atoms with Crippen molar-refractivity contribution < 1.29 is 11.7 Å². The van der Waals surface area contributed by atoms with Gasteiger partial charge in [0.25, 0.3) is 0 Å². The summed E-state index contributed by atoms with van der Waals surface area (Å²) in [4.78, 5) is 0. The summed E-state index contributed by atoms with van der Waals surface area (Å²) >= 11 is 0. The molecule has 2 aromatic heterocycles. The summed E-state index contributed by atoms with van der Waals surface area (Å²) in [5.74, 6) is -0.633. The zero-order valence-electron chi connectivity index (χ0n) is 18.0. The van der Waals surface area contributed by atoms with Crippen LogP contribution in [0.1, 0.15) is 51.9 Å². The number of hydrogen-bond donors (Lipinski definition) is 0. The van der Waals surface area contributed by atoms with Crippen molar-refractivity contribution in [2.45, 2.75) is 44.9 Å². The van der Waals surface area contributed by atoms with E-state index in [0.717, 1.165) is 70.0 Å². The third kappa shape index (κ3) is 2.75. The monoisotopic (exact) mass is 358 g/mol. The fourth-order valence-electron chi connectivity index (χ4n) is 4.44. The Morgan fingerprint density at radius 3 is 2.70 bits per heavy atom. The standard InChI is InChI=1S/C25H26NO/c1-17-12-14-21-20-10-6-7-11-23(20)27-25(21)24(17)22-15-13-19(16-26(22)2)18-8-4-3-5-9-18/h6-7,10-16,18H,3-5,8-9H2,1-2H3/q+1/i13D,18D. The molecule has 136 valence electrons. The largest absolute Gasteiger partial charge is 0.455 e. The Morgan fingerprint density at radius 1 is 1.04 bits per heavy atom. The second kappa shape index (κ2) is 6.53. The van der Waals surface area contributed by atoms with E-state index in [4.69, 9.17) is 7.16 Å². The molecule has 2 heteroatoms. The SMILES string of the molecule is [2H]c1cc(-c2c(C)ccc3c2oc2ccccc23)[n+](C)cc1C1([2H])CCCCC1. The van der Waals surface area contributed by atoms with Crippen LogP contribution in [0.2, 0.25) is 0 Å². The molecule has 1 aliphatic carbocycles. The lowest BCUT2D eigenvalue weighted by Crippen LogP contribution is -2.32. The number of benzene rings is 2. The van der Waals surface area contributed by atoms with E-state index in [-0.39, 0.29) is 0 Å². The molecule has 0 bridgehead atoms. The van der Waals surface area contributed by atoms with E-state index in [0.29, 0.717) is 6.04 Å². The number of pyridine rings is 1. The summed E-state index contributed by atoms with van der Waals surface area (Å²) in [5, 5.41) is 2.21. The Kier molecular flexibility index (Phi) is 3.49. The predicted molar refractivity (Wildman–Crippen MR) is 111 cm³/mol. The Hall–Kier alpha value is -2.61. The summed E-state index contributed by atoms with van der Waals surface area (Å²) in [6.07, 6.45) is 7.05. The minimum absolute atomic E-state index is 0.461. The zero-order chi connectivity index (χ0) is 20.2. The van der Waals surface area contributed by atoms with Crippen LogP contribution in [0.15, 0.2) is 59.1 Å². The van der Waals surface area contributed by atoms with Crippen molar-refractivity contribution in [1.82, 2.24) is 0 Å². The first-order valence-electron chi connectivity index (χ1n) is 10.9. The highest BCUT2D eigenvalue weighted by Gasteiger charge is 2.23. The number of fused-ring (bicyclic) bond motifs is 3. The van der Waals surface area contributed by atoms with Gasteiger partial charge in [-0.2, -0.15) is 0 Å². The average Bonchev–Trinajstić information content (AvgIpc) is 3.08. The number of para-hydroxylation sites is 1. The van der Waals surface area contributed by atoms with Crippen molar-refractivity contribution >= 4 is 21.9 Å². The molecule has 1 aliphatic rings. The minimum Gasteiger partial charge on any atom is -0.455 e. The van der Waals surface area contributed by atoms with Crippen molar-refractivity contribution in [2.24, 2.45) is 7.05 Å². The first kappa shape index (κ1) is 14.4. The Labute approximate surface area is 163 Å². The van der Waals surface area contributed by atoms with Gasteiger partial charge in [-0.25, -0.2) is 4.57 Å². The molecule has 2 heterocycles. The molecule has 0 amide bonds. The predicted octanol–water partition coefficient (Wildman–Crippen LogP) is 6.43. The lowest BCUT2D eigenvalue weighted by molar-refractivity contribution is -0.660. The Bertz CT molecular complexity index is 1230. The van der Waals surface area contributed by atoms with Gasteiger partial charge in [0.05, 0.1) is 6.93 Å². The number of hydrogen-bond acceptors (Lipinski definition) is 1. The van der Waals surface area contributed by atoms with Crippen LogP contribution in [0.3, 0.4) is 0 Å². The number of aromatic nitrogens is 1. The van der Waals surface area contributed by atoms with Crippen LogP contribution in [-0.4, -0.2) is 0 Å². The van der Waals surface area contributed by atoms with E-state index in [1.807, 2.05) is 37.5 Å². The summed E-state index contributed by atoms with van der Waals surface area (Å²) in [6, 6.07) is 14.8. The van der Waals surface area contributed by atoms with Crippen molar-refractivity contribution in [2.75, 3.05) is 0 Å². The van der Waals surface area contributed by atoms with E-state index in [9.17, 15) is 0 Å². The summed E-state index contributed by atoms with van der Waals surface area (Å²) in [5.41, 5.74) is 5.71. The van der Waals surface area contributed by atoms with Crippen LogP contribution in [0, 0.1) is 6.92 Å². The van der Waals surface area contributed by atoms with Crippen LogP contribution in [0.5, 0.6) is 0 Å². The molecule has 2 nitrogen and oxygen atoms in total. The smallest absolute Gasteiger partial charge is 0.216 e. The van der Waals surface area contributed by atoms with Crippen molar-refractivity contribution in [3.63, 3.8) is 0 Å². The first-order valence-corrected chi connectivity index (χ1v) is 9.90. The molecule has 0 unspecified atom stereocenters. The fourth-order valence-corrected chi connectivity index (χ4v) is 4.44. The van der Waals surface area contributed by atoms with Crippen LogP contribution >= 0.6 is 0 Å². The van der Waals surface area contributed by atoms with Gasteiger partial charge in [0.15, 0.2) is 6.20 Å². The molecule has 4 aromatic rings. The molecular formula is C25H26NO+. The zero-order valence-corrected chi connectivity index (χ0v) is 16.0. The van der Waals surface area contributed by atoms with E-state index >= 15 is 0 Å². The lowest BCUT2D eigenvalue weighted by Gasteiger charge is -2.21. The molecule has 0 N–H and O–H groups in total. The second-order valence-electron chi connectivity index (χ2n) is 7.72. The topological polar surface area (TPSA) is 17.0 Å². The van der Waals surface area contributed by atoms with Gasteiger partial charge in [0.2, 0.25) is 5.69 Å². The van der Waals surface area contributed by atoms with Gasteiger partial charge in [0, 0.05) is 23.8 Å². The molecule has 0 saturated heterocycles. The maximum absolute atomic E-state index is 8.97. The fraction of sp³-hybridized carbons (Fsp3) is 0.320. The van der Waals surface area contributed by atoms with Gasteiger partial charge in [0.1, 0.15) is 18.2 Å². The molecule has 1 saturated carbocycles. The van der Waals surface area contributed by atoms with Gasteiger partial charge in [-0.05, 0) is 43.3 Å². The minimum atomic E-state index is -0.633. The highest BCUT2D eigenvalue weighted by Crippen LogP contribution is 2.37. The van der Waals surface area contributed by atoms with Crippen molar-refractivity contribution in [1.29, 1.82) is 0 Å². The summed E-state index contributed by atoms with van der Waals surface area (Å²) in [6.45, 7) is 2.09. The van der Waals surface area contributed by atoms with Crippen LogP contribution in [0.25, 0.3) is 33.2 Å². The number of aryl methyl sites for hydroxylation is 2. The third-order valence-electron chi connectivity index (χ3n) is 5.92. The highest BCUT2D eigenvalue weighted by molar-refractivity contribution is 6.09. The molecule has 5 rings (SSSR count). The van der Waals surface area contributed by atoms with E-state index < -0.39 is 5.89 Å². The molecule has 0 aliphatic heterocycles. The van der Waals surface area contributed by atoms with Gasteiger partial charge >= 0.3 is 0 Å². The van der Waals surface area contributed by atoms with Gasteiger partial charge < -0.3 is 4.42 Å². The van der Waals surface area contributed by atoms with Gasteiger partial charge in [-0.3, -0.25) is 0 Å². The normalized spacial score (nSPS) is 17.9. The molecule has 0 radical (unpaired) electrons. The Balaban J connectivity index is 1.73. The van der Waals surface area contributed by atoms with Gasteiger partial charge in [-0.1, -0.05) is 49.6 Å². The van der Waals surface area contributed by atoms with Crippen LogP contribution in [0.4, 0.5) is 0 Å². The maximum atomic E-state index is 8.97. The number of rotatable bonds is 2. The molecule has 1 fully saturated rings.